The van der Waals surface area contributed by atoms with Crippen molar-refractivity contribution < 1.29 is 9.53 Å². The molecule has 1 N–H and O–H groups in total. The number of nitrogens with one attached hydrogen (secondary N) is 1. The highest BCUT2D eigenvalue weighted by molar-refractivity contribution is 5.72. The minimum atomic E-state index is -0.139. The molecule has 1 fully saturated rings. The van der Waals surface area contributed by atoms with Gasteiger partial charge >= 0.3 is 5.97 Å². The van der Waals surface area contributed by atoms with Crippen molar-refractivity contribution in [1.29, 1.82) is 0 Å². The highest BCUT2D eigenvalue weighted by Crippen LogP contribution is 1.96. The summed E-state index contributed by atoms with van der Waals surface area (Å²) in [6.07, 6.45) is 1.02. The molecule has 0 aromatic carbocycles. The summed E-state index contributed by atoms with van der Waals surface area (Å²) in [7, 11) is 0. The predicted molar refractivity (Wildman–Crippen MR) is 33.0 cm³/mol. The summed E-state index contributed by atoms with van der Waals surface area (Å²) in [6, 6.07) is 0.377. The zero-order valence-electron chi connectivity index (χ0n) is 5.52. The fourth-order valence-electron chi connectivity index (χ4n) is 0.793. The van der Waals surface area contributed by atoms with Crippen LogP contribution < -0.4 is 5.32 Å². The van der Waals surface area contributed by atoms with E-state index >= 15 is 0 Å². The Morgan fingerprint density at radius 1 is 1.89 bits per heavy atom. The Bertz CT molecular complexity index is 104. The van der Waals surface area contributed by atoms with Gasteiger partial charge in [-0.3, -0.25) is 4.79 Å². The molecule has 0 aromatic heterocycles. The van der Waals surface area contributed by atoms with Gasteiger partial charge in [0.1, 0.15) is 6.61 Å². The van der Waals surface area contributed by atoms with Crippen molar-refractivity contribution in [3.63, 3.8) is 0 Å². The van der Waals surface area contributed by atoms with Gasteiger partial charge in [0.25, 0.3) is 0 Å². The predicted octanol–water partition coefficient (Wildman–Crippen LogP) is -0.0886. The van der Waals surface area contributed by atoms with Gasteiger partial charge in [-0.15, -0.1) is 0 Å². The van der Waals surface area contributed by atoms with Gasteiger partial charge in [-0.05, 0) is 6.42 Å². The minimum Gasteiger partial charge on any atom is -0.463 e. The van der Waals surface area contributed by atoms with E-state index in [1.807, 2.05) is 0 Å². The summed E-state index contributed by atoms with van der Waals surface area (Å²) in [5.74, 6) is -0.139. The first kappa shape index (κ1) is 6.55. The Labute approximate surface area is 54.4 Å². The Kier molecular flexibility index (Phi) is 2.05. The lowest BCUT2D eigenvalue weighted by Gasteiger charge is -2.21. The van der Waals surface area contributed by atoms with Crippen molar-refractivity contribution in [2.45, 2.75) is 19.4 Å². The van der Waals surface area contributed by atoms with E-state index in [0.29, 0.717) is 19.2 Å². The summed E-state index contributed by atoms with van der Waals surface area (Å²) < 4.78 is 4.78. The molecule has 1 aliphatic heterocycles. The lowest BCUT2D eigenvalue weighted by Crippen LogP contribution is -2.43. The molecular formula is C6H11NO2. The largest absolute Gasteiger partial charge is 0.463 e. The van der Waals surface area contributed by atoms with Gasteiger partial charge in [0.2, 0.25) is 0 Å². The van der Waals surface area contributed by atoms with Crippen molar-refractivity contribution >= 4 is 5.97 Å². The smallest absolute Gasteiger partial charge is 0.319 e. The van der Waals surface area contributed by atoms with Crippen LogP contribution in [0, 0.1) is 0 Å². The van der Waals surface area contributed by atoms with Crippen LogP contribution in [0.1, 0.15) is 13.3 Å². The Balaban J connectivity index is 2.26. The third-order valence-electron chi connectivity index (χ3n) is 1.47. The van der Waals surface area contributed by atoms with E-state index in [0.717, 1.165) is 6.42 Å². The second-order valence-electron chi connectivity index (χ2n) is 2.17. The van der Waals surface area contributed by atoms with E-state index in [9.17, 15) is 4.79 Å². The number of hydrogen-bond acceptors (Lipinski definition) is 3. The first-order valence-electron chi connectivity index (χ1n) is 3.22. The summed E-state index contributed by atoms with van der Waals surface area (Å²) >= 11 is 0. The lowest BCUT2D eigenvalue weighted by molar-refractivity contribution is -0.146. The molecule has 0 aromatic rings. The molecule has 0 amide bonds. The highest BCUT2D eigenvalue weighted by Gasteiger charge is 2.15. The molecule has 1 atom stereocenters. The number of morpholine rings is 1. The highest BCUT2D eigenvalue weighted by atomic mass is 16.5. The normalized spacial score (nSPS) is 27.7. The third kappa shape index (κ3) is 1.68. The topological polar surface area (TPSA) is 38.3 Å². The number of esters is 1. The molecule has 1 heterocycles. The summed E-state index contributed by atoms with van der Waals surface area (Å²) in [5, 5.41) is 3.04. The lowest BCUT2D eigenvalue weighted by atomic mass is 10.2. The summed E-state index contributed by atoms with van der Waals surface area (Å²) in [5.41, 5.74) is 0. The van der Waals surface area contributed by atoms with Gasteiger partial charge in [-0.2, -0.15) is 0 Å². The monoisotopic (exact) mass is 129 g/mol. The molecule has 0 aliphatic carbocycles. The van der Waals surface area contributed by atoms with E-state index < -0.39 is 0 Å². The van der Waals surface area contributed by atoms with Crippen LogP contribution in [0.15, 0.2) is 0 Å². The Hall–Kier alpha value is -0.570. The first-order valence-corrected chi connectivity index (χ1v) is 3.22. The molecule has 0 bridgehead atoms. The van der Waals surface area contributed by atoms with Gasteiger partial charge in [-0.1, -0.05) is 6.92 Å². The number of hydrogen-bond donors (Lipinski definition) is 1. The summed E-state index contributed by atoms with van der Waals surface area (Å²) in [4.78, 5) is 10.4. The molecule has 1 unspecified atom stereocenters. The van der Waals surface area contributed by atoms with Crippen LogP contribution in [0.5, 0.6) is 0 Å². The van der Waals surface area contributed by atoms with Crippen molar-refractivity contribution in [2.24, 2.45) is 0 Å². The molecular weight excluding hydrogens is 118 g/mol. The minimum absolute atomic E-state index is 0.139. The molecule has 0 radical (unpaired) electrons. The average molecular weight is 129 g/mol. The fourth-order valence-corrected chi connectivity index (χ4v) is 0.793. The molecule has 0 saturated carbocycles. The van der Waals surface area contributed by atoms with E-state index in [1.54, 1.807) is 0 Å². The number of ether oxygens (including phenoxy) is 1. The van der Waals surface area contributed by atoms with E-state index in [1.165, 1.54) is 0 Å². The molecule has 52 valence electrons. The average Bonchev–Trinajstić information content (AvgIpc) is 1.90. The quantitative estimate of drug-likeness (QED) is 0.503. The number of rotatable bonds is 1. The van der Waals surface area contributed by atoms with Gasteiger partial charge in [0.15, 0.2) is 0 Å². The molecule has 1 aliphatic rings. The molecule has 0 spiro atoms. The van der Waals surface area contributed by atoms with Gasteiger partial charge in [0, 0.05) is 6.04 Å². The maximum Gasteiger partial charge on any atom is 0.319 e. The first-order chi connectivity index (χ1) is 4.33. The molecule has 3 heteroatoms. The maximum absolute atomic E-state index is 10.4. The molecule has 1 saturated heterocycles. The van der Waals surface area contributed by atoms with Crippen molar-refractivity contribution in [3.05, 3.63) is 0 Å². The van der Waals surface area contributed by atoms with E-state index in [4.69, 9.17) is 4.74 Å². The van der Waals surface area contributed by atoms with Crippen molar-refractivity contribution in [3.8, 4) is 0 Å². The van der Waals surface area contributed by atoms with Crippen LogP contribution in [-0.2, 0) is 9.53 Å². The van der Waals surface area contributed by atoms with Crippen LogP contribution in [0.4, 0.5) is 0 Å². The van der Waals surface area contributed by atoms with Gasteiger partial charge < -0.3 is 10.1 Å². The van der Waals surface area contributed by atoms with Crippen molar-refractivity contribution in [2.75, 3.05) is 13.2 Å². The SMILES string of the molecule is CCC1COC(=O)CN1. The zero-order chi connectivity index (χ0) is 6.69. The van der Waals surface area contributed by atoms with Crippen LogP contribution in [-0.4, -0.2) is 25.2 Å². The van der Waals surface area contributed by atoms with Crippen molar-refractivity contribution in [1.82, 2.24) is 5.32 Å². The van der Waals surface area contributed by atoms with E-state index in [-0.39, 0.29) is 5.97 Å². The number of carbonyl (C=O) groups is 1. The number of cyclic esters (lactones) is 1. The van der Waals surface area contributed by atoms with Gasteiger partial charge in [-0.25, -0.2) is 0 Å². The molecule has 1 rings (SSSR count). The van der Waals surface area contributed by atoms with E-state index in [2.05, 4.69) is 12.2 Å². The van der Waals surface area contributed by atoms with Crippen LogP contribution in [0.25, 0.3) is 0 Å². The molecule has 3 nitrogen and oxygen atoms in total. The Morgan fingerprint density at radius 3 is 3.11 bits per heavy atom. The van der Waals surface area contributed by atoms with Gasteiger partial charge in [0.05, 0.1) is 6.54 Å². The van der Waals surface area contributed by atoms with Crippen LogP contribution in [0.3, 0.4) is 0 Å². The summed E-state index contributed by atoms with van der Waals surface area (Å²) in [6.45, 7) is 2.98. The molecule has 9 heavy (non-hydrogen) atoms. The second kappa shape index (κ2) is 2.82. The zero-order valence-corrected chi connectivity index (χ0v) is 5.52. The second-order valence-corrected chi connectivity index (χ2v) is 2.17. The Morgan fingerprint density at radius 2 is 2.67 bits per heavy atom. The fraction of sp³-hybridized carbons (Fsp3) is 0.833. The standard InChI is InChI=1S/C6H11NO2/c1-2-5-4-9-6(8)3-7-5/h5,7H,2-4H2,1H3. The van der Waals surface area contributed by atoms with Crippen LogP contribution in [0.2, 0.25) is 0 Å². The maximum atomic E-state index is 10.4. The van der Waals surface area contributed by atoms with Crippen LogP contribution >= 0.6 is 0 Å². The number of carbonyl (C=O) groups excluding carboxylic acids is 1. The third-order valence-corrected chi connectivity index (χ3v) is 1.47.